The van der Waals surface area contributed by atoms with Crippen LogP contribution in [0.4, 0.5) is 10.9 Å². The number of nitrogens with one attached hydrogen (secondary N) is 1. The molecule has 1 aliphatic heterocycles. The average molecular weight is 427 g/mol. The van der Waals surface area contributed by atoms with Crippen LogP contribution in [0.1, 0.15) is 25.0 Å². The van der Waals surface area contributed by atoms with E-state index in [-0.39, 0.29) is 18.1 Å². The predicted octanol–water partition coefficient (Wildman–Crippen LogP) is 2.70. The van der Waals surface area contributed by atoms with E-state index in [0.717, 1.165) is 17.8 Å². The first-order valence-electron chi connectivity index (χ1n) is 9.57. The van der Waals surface area contributed by atoms with E-state index in [9.17, 15) is 4.79 Å². The van der Waals surface area contributed by atoms with Crippen molar-refractivity contribution in [3.05, 3.63) is 54.2 Å². The highest BCUT2D eigenvalue weighted by atomic mass is 32.1. The third-order valence-electron chi connectivity index (χ3n) is 4.87. The second-order valence-electron chi connectivity index (χ2n) is 6.95. The van der Waals surface area contributed by atoms with Gasteiger partial charge in [0, 0.05) is 25.8 Å². The van der Waals surface area contributed by atoms with Gasteiger partial charge in [-0.25, -0.2) is 0 Å². The second-order valence-corrected chi connectivity index (χ2v) is 7.89. The first-order chi connectivity index (χ1) is 14.6. The average Bonchev–Trinajstić information content (AvgIpc) is 3.36. The third kappa shape index (κ3) is 4.55. The number of hydrogen-bond donors (Lipinski definition) is 1. The Kier molecular flexibility index (Phi) is 6.15. The van der Waals surface area contributed by atoms with Gasteiger partial charge < -0.3 is 14.4 Å². The lowest BCUT2D eigenvalue weighted by Crippen LogP contribution is -2.29. The number of ether oxygens (including phenoxy) is 2. The van der Waals surface area contributed by atoms with E-state index in [4.69, 9.17) is 9.47 Å². The number of nitrogens with zero attached hydrogens (tertiary/aromatic N) is 5. The fourth-order valence-corrected chi connectivity index (χ4v) is 4.14. The molecule has 1 N–H and O–H groups in total. The van der Waals surface area contributed by atoms with Crippen LogP contribution in [-0.4, -0.2) is 52.1 Å². The van der Waals surface area contributed by atoms with Crippen LogP contribution in [0.5, 0.6) is 5.19 Å². The topological polar surface area (TPSA) is 102 Å². The van der Waals surface area contributed by atoms with Crippen molar-refractivity contribution in [1.82, 2.24) is 20.4 Å². The molecule has 1 aliphatic rings. The standard InChI is InChI=1S/C20H22N6O3S/c1-13-11-15(12-26(13)16-9-6-10-21-23-16)29-20-25-24-19(30-20)22-18(27)17(28-2)14-7-4-3-5-8-14/h3-10,13,15,17H,11-12H2,1-2H3,(H,22,24,27)/t13-,15-,17+/m1/s1. The first kappa shape index (κ1) is 20.2. The number of benzene rings is 1. The van der Waals surface area contributed by atoms with Crippen molar-refractivity contribution in [2.24, 2.45) is 0 Å². The summed E-state index contributed by atoms with van der Waals surface area (Å²) in [6, 6.07) is 13.4. The number of aromatic nitrogens is 4. The molecule has 1 fully saturated rings. The molecule has 3 atom stereocenters. The van der Waals surface area contributed by atoms with Crippen LogP contribution in [0.15, 0.2) is 48.7 Å². The van der Waals surface area contributed by atoms with E-state index in [1.807, 2.05) is 42.5 Å². The van der Waals surface area contributed by atoms with E-state index in [0.29, 0.717) is 16.9 Å². The maximum absolute atomic E-state index is 12.6. The third-order valence-corrected chi connectivity index (χ3v) is 5.60. The summed E-state index contributed by atoms with van der Waals surface area (Å²) in [4.78, 5) is 14.7. The Balaban J connectivity index is 1.36. The van der Waals surface area contributed by atoms with Crippen molar-refractivity contribution in [3.63, 3.8) is 0 Å². The lowest BCUT2D eigenvalue weighted by molar-refractivity contribution is -0.126. The minimum Gasteiger partial charge on any atom is -0.464 e. The van der Waals surface area contributed by atoms with Crippen LogP contribution in [0.25, 0.3) is 0 Å². The number of methoxy groups -OCH3 is 1. The Morgan fingerprint density at radius 1 is 1.20 bits per heavy atom. The van der Waals surface area contributed by atoms with Crippen molar-refractivity contribution in [2.45, 2.75) is 31.6 Å². The highest BCUT2D eigenvalue weighted by Gasteiger charge is 2.32. The molecule has 30 heavy (non-hydrogen) atoms. The summed E-state index contributed by atoms with van der Waals surface area (Å²) >= 11 is 1.19. The smallest absolute Gasteiger partial charge is 0.296 e. The summed E-state index contributed by atoms with van der Waals surface area (Å²) in [5.41, 5.74) is 0.766. The molecule has 3 aromatic rings. The molecule has 0 bridgehead atoms. The van der Waals surface area contributed by atoms with Gasteiger partial charge in [0.05, 0.1) is 6.54 Å². The molecule has 4 rings (SSSR count). The Morgan fingerprint density at radius 3 is 2.77 bits per heavy atom. The van der Waals surface area contributed by atoms with Crippen LogP contribution >= 0.6 is 11.3 Å². The molecule has 0 aliphatic carbocycles. The van der Waals surface area contributed by atoms with Crippen molar-refractivity contribution < 1.29 is 14.3 Å². The van der Waals surface area contributed by atoms with Gasteiger partial charge in [-0.1, -0.05) is 35.4 Å². The predicted molar refractivity (Wildman–Crippen MR) is 113 cm³/mol. The van der Waals surface area contributed by atoms with Gasteiger partial charge in [0.25, 0.3) is 11.1 Å². The Labute approximate surface area is 178 Å². The number of hydrogen-bond acceptors (Lipinski definition) is 9. The summed E-state index contributed by atoms with van der Waals surface area (Å²) < 4.78 is 11.4. The molecule has 156 valence electrons. The molecular formula is C20H22N6O3S. The molecule has 1 aromatic carbocycles. The van der Waals surface area contributed by atoms with Crippen LogP contribution in [0.2, 0.25) is 0 Å². The Bertz CT molecular complexity index is 971. The van der Waals surface area contributed by atoms with E-state index < -0.39 is 6.10 Å². The lowest BCUT2D eigenvalue weighted by atomic mass is 10.1. The van der Waals surface area contributed by atoms with Gasteiger partial charge in [-0.15, -0.1) is 10.2 Å². The highest BCUT2D eigenvalue weighted by Crippen LogP contribution is 2.30. The van der Waals surface area contributed by atoms with Crippen LogP contribution in [-0.2, 0) is 9.53 Å². The summed E-state index contributed by atoms with van der Waals surface area (Å²) in [6.45, 7) is 2.80. The maximum Gasteiger partial charge on any atom is 0.296 e. The van der Waals surface area contributed by atoms with Gasteiger partial charge in [-0.2, -0.15) is 5.10 Å². The van der Waals surface area contributed by atoms with Crippen LogP contribution < -0.4 is 15.0 Å². The molecule has 10 heteroatoms. The number of amides is 1. The van der Waals surface area contributed by atoms with E-state index >= 15 is 0 Å². The second kappa shape index (κ2) is 9.14. The quantitative estimate of drug-likeness (QED) is 0.615. The SMILES string of the molecule is CO[C@H](C(=O)Nc1nnc(O[C@@H]2C[C@@H](C)N(c3cccnn3)C2)s1)c1ccccc1. The van der Waals surface area contributed by atoms with Gasteiger partial charge in [0.15, 0.2) is 11.9 Å². The Hall–Kier alpha value is -3.11. The van der Waals surface area contributed by atoms with Gasteiger partial charge in [0.1, 0.15) is 6.10 Å². The van der Waals surface area contributed by atoms with Gasteiger partial charge in [0.2, 0.25) is 5.13 Å². The minimum absolute atomic E-state index is 0.0467. The van der Waals surface area contributed by atoms with Gasteiger partial charge >= 0.3 is 0 Å². The van der Waals surface area contributed by atoms with Gasteiger partial charge in [-0.3, -0.25) is 10.1 Å². The summed E-state index contributed by atoms with van der Waals surface area (Å²) in [5.74, 6) is 0.516. The molecule has 1 saturated heterocycles. The molecule has 1 amide bonds. The first-order valence-corrected chi connectivity index (χ1v) is 10.4. The van der Waals surface area contributed by atoms with Crippen LogP contribution in [0.3, 0.4) is 0 Å². The lowest BCUT2D eigenvalue weighted by Gasteiger charge is -2.21. The molecule has 9 nitrogen and oxygen atoms in total. The number of carbonyl (C=O) groups is 1. The maximum atomic E-state index is 12.6. The molecule has 2 aromatic heterocycles. The van der Waals surface area contributed by atoms with Gasteiger partial charge in [-0.05, 0) is 36.0 Å². The molecule has 3 heterocycles. The van der Waals surface area contributed by atoms with Crippen molar-refractivity contribution in [3.8, 4) is 5.19 Å². The Morgan fingerprint density at radius 2 is 2.03 bits per heavy atom. The fraction of sp³-hybridized carbons (Fsp3) is 0.350. The summed E-state index contributed by atoms with van der Waals surface area (Å²) in [5, 5.41) is 19.7. The number of rotatable bonds is 7. The zero-order chi connectivity index (χ0) is 20.9. The van der Waals surface area contributed by atoms with E-state index in [1.165, 1.54) is 18.4 Å². The minimum atomic E-state index is -0.726. The summed E-state index contributed by atoms with van der Waals surface area (Å²) in [7, 11) is 1.50. The normalized spacial score (nSPS) is 19.5. The largest absolute Gasteiger partial charge is 0.464 e. The molecule has 0 radical (unpaired) electrons. The zero-order valence-corrected chi connectivity index (χ0v) is 17.5. The number of carbonyl (C=O) groups excluding carboxylic acids is 1. The summed E-state index contributed by atoms with van der Waals surface area (Å²) in [6.07, 6.45) is 1.71. The molecule has 0 unspecified atom stereocenters. The van der Waals surface area contributed by atoms with E-state index in [2.05, 4.69) is 37.5 Å². The van der Waals surface area contributed by atoms with E-state index in [1.54, 1.807) is 6.20 Å². The highest BCUT2D eigenvalue weighted by molar-refractivity contribution is 7.17. The molecule has 0 spiro atoms. The molecule has 0 saturated carbocycles. The number of anilines is 2. The monoisotopic (exact) mass is 426 g/mol. The van der Waals surface area contributed by atoms with Crippen LogP contribution in [0, 0.1) is 0 Å². The zero-order valence-electron chi connectivity index (χ0n) is 16.6. The molecular weight excluding hydrogens is 404 g/mol. The van der Waals surface area contributed by atoms with Crippen molar-refractivity contribution in [2.75, 3.05) is 23.9 Å². The van der Waals surface area contributed by atoms with Crippen molar-refractivity contribution in [1.29, 1.82) is 0 Å². The van der Waals surface area contributed by atoms with Crippen molar-refractivity contribution >= 4 is 28.2 Å². The fourth-order valence-electron chi connectivity index (χ4n) is 3.48.